The molecule has 1 unspecified atom stereocenters. The molecule has 0 aliphatic carbocycles. The average Bonchev–Trinajstić information content (AvgIpc) is 2.57. The van der Waals surface area contributed by atoms with E-state index in [4.69, 9.17) is 4.74 Å². The Labute approximate surface area is 126 Å². The summed E-state index contributed by atoms with van der Waals surface area (Å²) in [6, 6.07) is 19.5. The molecule has 1 aliphatic heterocycles. The van der Waals surface area contributed by atoms with Crippen LogP contribution in [0.1, 0.15) is 16.7 Å². The van der Waals surface area contributed by atoms with Gasteiger partial charge in [-0.1, -0.05) is 61.2 Å². The minimum Gasteiger partial charge on any atom is -0.379 e. The largest absolute Gasteiger partial charge is 0.379 e. The van der Waals surface area contributed by atoms with Gasteiger partial charge in [-0.3, -0.25) is 0 Å². The zero-order chi connectivity index (χ0) is 14.5. The highest BCUT2D eigenvalue weighted by Gasteiger charge is 2.13. The van der Waals surface area contributed by atoms with E-state index in [2.05, 4.69) is 48.3 Å². The molecule has 1 N–H and O–H groups in total. The predicted molar refractivity (Wildman–Crippen MR) is 87.3 cm³/mol. The third kappa shape index (κ3) is 3.60. The van der Waals surface area contributed by atoms with Crippen molar-refractivity contribution in [1.82, 2.24) is 5.32 Å². The Kier molecular flexibility index (Phi) is 4.49. The quantitative estimate of drug-likeness (QED) is 0.927. The monoisotopic (exact) mass is 279 g/mol. The molecule has 108 valence electrons. The summed E-state index contributed by atoms with van der Waals surface area (Å²) in [4.78, 5) is 0. The normalized spacial score (nSPS) is 18.4. The Bertz CT molecular complexity index is 583. The Morgan fingerprint density at radius 2 is 1.76 bits per heavy atom. The van der Waals surface area contributed by atoms with E-state index in [-0.39, 0.29) is 0 Å². The molecular formula is C19H21NO. The molecule has 2 aromatic rings. The van der Waals surface area contributed by atoms with Gasteiger partial charge in [0.1, 0.15) is 0 Å². The van der Waals surface area contributed by atoms with Crippen molar-refractivity contribution in [3.63, 3.8) is 0 Å². The summed E-state index contributed by atoms with van der Waals surface area (Å²) in [5.41, 5.74) is 4.76. The summed E-state index contributed by atoms with van der Waals surface area (Å²) >= 11 is 0. The van der Waals surface area contributed by atoms with Gasteiger partial charge in [-0.25, -0.2) is 0 Å². The number of benzene rings is 2. The van der Waals surface area contributed by atoms with Gasteiger partial charge >= 0.3 is 0 Å². The van der Waals surface area contributed by atoms with Crippen LogP contribution in [0.25, 0.3) is 5.57 Å². The molecule has 0 spiro atoms. The maximum absolute atomic E-state index is 5.50. The van der Waals surface area contributed by atoms with Crippen molar-refractivity contribution in [2.45, 2.75) is 12.5 Å². The number of ether oxygens (including phenoxy) is 1. The minimum absolute atomic E-state index is 0.432. The highest BCUT2D eigenvalue weighted by Crippen LogP contribution is 2.21. The smallest absolute Gasteiger partial charge is 0.0623 e. The van der Waals surface area contributed by atoms with Gasteiger partial charge in [-0.2, -0.15) is 0 Å². The van der Waals surface area contributed by atoms with Crippen molar-refractivity contribution < 1.29 is 4.74 Å². The van der Waals surface area contributed by atoms with Crippen molar-refractivity contribution >= 4 is 5.57 Å². The van der Waals surface area contributed by atoms with Crippen molar-refractivity contribution in [3.05, 3.63) is 77.9 Å². The summed E-state index contributed by atoms with van der Waals surface area (Å²) in [6.07, 6.45) is 1.01. The van der Waals surface area contributed by atoms with Gasteiger partial charge in [0.25, 0.3) is 0 Å². The maximum atomic E-state index is 5.50. The van der Waals surface area contributed by atoms with E-state index in [1.807, 2.05) is 18.2 Å². The van der Waals surface area contributed by atoms with Gasteiger partial charge in [0.15, 0.2) is 0 Å². The molecule has 21 heavy (non-hydrogen) atoms. The molecule has 0 amide bonds. The molecule has 1 fully saturated rings. The second kappa shape index (κ2) is 6.70. The van der Waals surface area contributed by atoms with Gasteiger partial charge in [0, 0.05) is 12.6 Å². The third-order valence-corrected chi connectivity index (χ3v) is 3.91. The SMILES string of the molecule is C=C(c1ccccc1)c1ccc(CC2COCCN2)cc1. The highest BCUT2D eigenvalue weighted by atomic mass is 16.5. The summed E-state index contributed by atoms with van der Waals surface area (Å²) in [7, 11) is 0. The predicted octanol–water partition coefficient (Wildman–Crippen LogP) is 3.28. The van der Waals surface area contributed by atoms with Crippen LogP contribution in [0.2, 0.25) is 0 Å². The Morgan fingerprint density at radius 3 is 2.43 bits per heavy atom. The Balaban J connectivity index is 1.67. The van der Waals surface area contributed by atoms with Gasteiger partial charge < -0.3 is 10.1 Å². The van der Waals surface area contributed by atoms with E-state index in [1.165, 1.54) is 16.7 Å². The van der Waals surface area contributed by atoms with Crippen LogP contribution in [0, 0.1) is 0 Å². The number of morpholine rings is 1. The average molecular weight is 279 g/mol. The molecule has 1 atom stereocenters. The molecule has 2 nitrogen and oxygen atoms in total. The fraction of sp³-hybridized carbons (Fsp3) is 0.263. The number of hydrogen-bond acceptors (Lipinski definition) is 2. The van der Waals surface area contributed by atoms with Crippen LogP contribution in [-0.2, 0) is 11.2 Å². The molecule has 2 heteroatoms. The fourth-order valence-electron chi connectivity index (χ4n) is 2.68. The molecule has 1 heterocycles. The van der Waals surface area contributed by atoms with E-state index in [9.17, 15) is 0 Å². The first-order chi connectivity index (χ1) is 10.3. The number of nitrogens with one attached hydrogen (secondary N) is 1. The van der Waals surface area contributed by atoms with E-state index in [0.29, 0.717) is 6.04 Å². The standard InChI is InChI=1S/C19H21NO/c1-15(17-5-3-2-4-6-17)18-9-7-16(8-10-18)13-19-14-21-12-11-20-19/h2-10,19-20H,1,11-14H2. The highest BCUT2D eigenvalue weighted by molar-refractivity contribution is 5.77. The molecule has 0 radical (unpaired) electrons. The van der Waals surface area contributed by atoms with Gasteiger partial charge in [-0.05, 0) is 28.7 Å². The lowest BCUT2D eigenvalue weighted by atomic mass is 9.97. The third-order valence-electron chi connectivity index (χ3n) is 3.91. The van der Waals surface area contributed by atoms with Crippen molar-refractivity contribution in [1.29, 1.82) is 0 Å². The summed E-state index contributed by atoms with van der Waals surface area (Å²) in [5, 5.41) is 3.49. The van der Waals surface area contributed by atoms with Gasteiger partial charge in [-0.15, -0.1) is 0 Å². The molecule has 1 saturated heterocycles. The fourth-order valence-corrected chi connectivity index (χ4v) is 2.68. The van der Waals surface area contributed by atoms with Crippen LogP contribution in [-0.4, -0.2) is 25.8 Å². The lowest BCUT2D eigenvalue weighted by Gasteiger charge is -2.23. The number of rotatable bonds is 4. The molecular weight excluding hydrogens is 258 g/mol. The molecule has 3 rings (SSSR count). The summed E-state index contributed by atoms with van der Waals surface area (Å²) in [6.45, 7) is 6.79. The molecule has 0 saturated carbocycles. The van der Waals surface area contributed by atoms with Crippen LogP contribution in [0.3, 0.4) is 0 Å². The Hall–Kier alpha value is -1.90. The van der Waals surface area contributed by atoms with Crippen molar-refractivity contribution in [2.24, 2.45) is 0 Å². The lowest BCUT2D eigenvalue weighted by Crippen LogP contribution is -2.42. The summed E-state index contributed by atoms with van der Waals surface area (Å²) < 4.78 is 5.50. The van der Waals surface area contributed by atoms with E-state index in [1.54, 1.807) is 0 Å². The zero-order valence-electron chi connectivity index (χ0n) is 12.2. The van der Waals surface area contributed by atoms with Crippen molar-refractivity contribution in [2.75, 3.05) is 19.8 Å². The van der Waals surface area contributed by atoms with E-state index < -0.39 is 0 Å². The second-order valence-electron chi connectivity index (χ2n) is 5.47. The summed E-state index contributed by atoms with van der Waals surface area (Å²) in [5.74, 6) is 0. The zero-order valence-corrected chi connectivity index (χ0v) is 12.2. The Morgan fingerprint density at radius 1 is 1.05 bits per heavy atom. The second-order valence-corrected chi connectivity index (χ2v) is 5.47. The molecule has 1 aliphatic rings. The first-order valence-corrected chi connectivity index (χ1v) is 7.48. The first kappa shape index (κ1) is 14.1. The van der Waals surface area contributed by atoms with Crippen LogP contribution in [0.5, 0.6) is 0 Å². The minimum atomic E-state index is 0.432. The molecule has 0 aromatic heterocycles. The topological polar surface area (TPSA) is 21.3 Å². The molecule has 0 bridgehead atoms. The van der Waals surface area contributed by atoms with Crippen LogP contribution < -0.4 is 5.32 Å². The first-order valence-electron chi connectivity index (χ1n) is 7.48. The van der Waals surface area contributed by atoms with E-state index in [0.717, 1.165) is 31.8 Å². The van der Waals surface area contributed by atoms with Crippen LogP contribution in [0.4, 0.5) is 0 Å². The van der Waals surface area contributed by atoms with Gasteiger partial charge in [0.05, 0.1) is 13.2 Å². The van der Waals surface area contributed by atoms with Gasteiger partial charge in [0.2, 0.25) is 0 Å². The van der Waals surface area contributed by atoms with Crippen molar-refractivity contribution in [3.8, 4) is 0 Å². The number of hydrogen-bond donors (Lipinski definition) is 1. The van der Waals surface area contributed by atoms with Crippen LogP contribution >= 0.6 is 0 Å². The van der Waals surface area contributed by atoms with Crippen LogP contribution in [0.15, 0.2) is 61.2 Å². The van der Waals surface area contributed by atoms with E-state index >= 15 is 0 Å². The maximum Gasteiger partial charge on any atom is 0.0623 e. The lowest BCUT2D eigenvalue weighted by molar-refractivity contribution is 0.0770. The molecule has 2 aromatic carbocycles.